The molecule has 0 aromatic heterocycles. The van der Waals surface area contributed by atoms with Gasteiger partial charge in [0.1, 0.15) is 0 Å². The van der Waals surface area contributed by atoms with Crippen LogP contribution < -0.4 is 5.32 Å². The Balaban J connectivity index is 2.10. The molecule has 1 aliphatic heterocycles. The fourth-order valence-corrected chi connectivity index (χ4v) is 1.89. The van der Waals surface area contributed by atoms with Crippen molar-refractivity contribution in [1.82, 2.24) is 5.32 Å². The van der Waals surface area contributed by atoms with Crippen LogP contribution in [0.5, 0.6) is 0 Å². The van der Waals surface area contributed by atoms with Crippen LogP contribution in [0, 0.1) is 24.2 Å². The summed E-state index contributed by atoms with van der Waals surface area (Å²) in [5.74, 6) is 0.182. The van der Waals surface area contributed by atoms with E-state index in [0.717, 1.165) is 13.0 Å². The van der Waals surface area contributed by atoms with E-state index in [1.807, 2.05) is 0 Å². The lowest BCUT2D eigenvalue weighted by atomic mass is 10.0. The predicted molar refractivity (Wildman–Crippen MR) is 55.6 cm³/mol. The molecule has 1 saturated heterocycles. The lowest BCUT2D eigenvalue weighted by Crippen LogP contribution is -2.13. The SMILES string of the molecule is Cc1ccc(C2CC(C#N)CN2)cc1. The third-order valence-electron chi connectivity index (χ3n) is 2.79. The average molecular weight is 186 g/mol. The molecule has 0 aliphatic carbocycles. The predicted octanol–water partition coefficient (Wildman–Crippen LogP) is 2.17. The molecule has 0 spiro atoms. The Morgan fingerprint density at radius 3 is 2.64 bits per heavy atom. The van der Waals surface area contributed by atoms with Crippen LogP contribution in [0.25, 0.3) is 0 Å². The van der Waals surface area contributed by atoms with E-state index in [2.05, 4.69) is 42.6 Å². The third-order valence-corrected chi connectivity index (χ3v) is 2.79. The summed E-state index contributed by atoms with van der Waals surface area (Å²) in [6, 6.07) is 11.2. The highest BCUT2D eigenvalue weighted by Crippen LogP contribution is 2.26. The lowest BCUT2D eigenvalue weighted by Gasteiger charge is -2.10. The van der Waals surface area contributed by atoms with Crippen molar-refractivity contribution < 1.29 is 0 Å². The molecule has 1 heterocycles. The highest BCUT2D eigenvalue weighted by molar-refractivity contribution is 5.25. The summed E-state index contributed by atoms with van der Waals surface area (Å²) < 4.78 is 0. The fourth-order valence-electron chi connectivity index (χ4n) is 1.89. The molecule has 1 aromatic carbocycles. The van der Waals surface area contributed by atoms with Gasteiger partial charge in [-0.05, 0) is 18.9 Å². The van der Waals surface area contributed by atoms with E-state index in [0.29, 0.717) is 6.04 Å². The first-order valence-corrected chi connectivity index (χ1v) is 4.99. The van der Waals surface area contributed by atoms with E-state index in [4.69, 9.17) is 5.26 Å². The summed E-state index contributed by atoms with van der Waals surface area (Å²) >= 11 is 0. The van der Waals surface area contributed by atoms with Crippen molar-refractivity contribution in [2.24, 2.45) is 5.92 Å². The van der Waals surface area contributed by atoms with Crippen LogP contribution in [-0.4, -0.2) is 6.54 Å². The van der Waals surface area contributed by atoms with E-state index < -0.39 is 0 Å². The minimum atomic E-state index is 0.182. The van der Waals surface area contributed by atoms with Crippen molar-refractivity contribution in [2.45, 2.75) is 19.4 Å². The second-order valence-corrected chi connectivity index (χ2v) is 3.93. The van der Waals surface area contributed by atoms with Crippen LogP contribution in [0.15, 0.2) is 24.3 Å². The van der Waals surface area contributed by atoms with Crippen molar-refractivity contribution in [2.75, 3.05) is 6.54 Å². The van der Waals surface area contributed by atoms with Gasteiger partial charge in [0, 0.05) is 12.6 Å². The van der Waals surface area contributed by atoms with Gasteiger partial charge in [-0.3, -0.25) is 0 Å². The minimum Gasteiger partial charge on any atom is -0.309 e. The van der Waals surface area contributed by atoms with Gasteiger partial charge in [-0.15, -0.1) is 0 Å². The minimum absolute atomic E-state index is 0.182. The first-order chi connectivity index (χ1) is 6.79. The van der Waals surface area contributed by atoms with E-state index >= 15 is 0 Å². The molecule has 2 rings (SSSR count). The van der Waals surface area contributed by atoms with Crippen molar-refractivity contribution in [3.8, 4) is 6.07 Å². The first-order valence-electron chi connectivity index (χ1n) is 4.99. The van der Waals surface area contributed by atoms with Gasteiger partial charge in [-0.2, -0.15) is 5.26 Å². The first kappa shape index (κ1) is 9.23. The number of benzene rings is 1. The summed E-state index contributed by atoms with van der Waals surface area (Å²) in [7, 11) is 0. The normalized spacial score (nSPS) is 26.0. The molecule has 2 atom stereocenters. The molecule has 1 aliphatic rings. The summed E-state index contributed by atoms with van der Waals surface area (Å²) in [4.78, 5) is 0. The maximum atomic E-state index is 8.78. The van der Waals surface area contributed by atoms with Crippen molar-refractivity contribution in [3.63, 3.8) is 0 Å². The molecule has 1 N–H and O–H groups in total. The van der Waals surface area contributed by atoms with Gasteiger partial charge in [0.05, 0.1) is 12.0 Å². The summed E-state index contributed by atoms with van der Waals surface area (Å²) in [6.45, 7) is 2.92. The van der Waals surface area contributed by atoms with Crippen LogP contribution in [-0.2, 0) is 0 Å². The highest BCUT2D eigenvalue weighted by Gasteiger charge is 2.24. The summed E-state index contributed by atoms with van der Waals surface area (Å²) in [6.07, 6.45) is 0.944. The monoisotopic (exact) mass is 186 g/mol. The zero-order valence-electron chi connectivity index (χ0n) is 8.33. The number of nitrogens with one attached hydrogen (secondary N) is 1. The Kier molecular flexibility index (Phi) is 2.51. The second-order valence-electron chi connectivity index (χ2n) is 3.93. The zero-order valence-corrected chi connectivity index (χ0v) is 8.33. The number of nitriles is 1. The largest absolute Gasteiger partial charge is 0.309 e. The van der Waals surface area contributed by atoms with E-state index in [-0.39, 0.29) is 5.92 Å². The number of hydrogen-bond donors (Lipinski definition) is 1. The van der Waals surface area contributed by atoms with Crippen LogP contribution in [0.1, 0.15) is 23.6 Å². The van der Waals surface area contributed by atoms with Gasteiger partial charge in [0.25, 0.3) is 0 Å². The smallest absolute Gasteiger partial charge is 0.0669 e. The molecule has 1 fully saturated rings. The Morgan fingerprint density at radius 1 is 1.36 bits per heavy atom. The fraction of sp³-hybridized carbons (Fsp3) is 0.417. The third kappa shape index (κ3) is 1.78. The maximum Gasteiger partial charge on any atom is 0.0669 e. The Bertz CT molecular complexity index is 348. The molecule has 14 heavy (non-hydrogen) atoms. The Hall–Kier alpha value is -1.33. The van der Waals surface area contributed by atoms with Gasteiger partial charge in [-0.25, -0.2) is 0 Å². The van der Waals surface area contributed by atoms with E-state index in [1.165, 1.54) is 11.1 Å². The van der Waals surface area contributed by atoms with Crippen LogP contribution in [0.3, 0.4) is 0 Å². The Morgan fingerprint density at radius 2 is 2.07 bits per heavy atom. The van der Waals surface area contributed by atoms with Gasteiger partial charge in [0.15, 0.2) is 0 Å². The molecule has 72 valence electrons. The molecule has 2 heteroatoms. The Labute approximate surface area is 84.6 Å². The van der Waals surface area contributed by atoms with Crippen LogP contribution in [0.2, 0.25) is 0 Å². The van der Waals surface area contributed by atoms with E-state index in [1.54, 1.807) is 0 Å². The van der Waals surface area contributed by atoms with Gasteiger partial charge in [-0.1, -0.05) is 29.8 Å². The van der Waals surface area contributed by atoms with Gasteiger partial charge >= 0.3 is 0 Å². The summed E-state index contributed by atoms with van der Waals surface area (Å²) in [5, 5.41) is 12.2. The molecular formula is C12H14N2. The molecule has 2 unspecified atom stereocenters. The van der Waals surface area contributed by atoms with Gasteiger partial charge in [0.2, 0.25) is 0 Å². The number of nitrogens with zero attached hydrogens (tertiary/aromatic N) is 1. The highest BCUT2D eigenvalue weighted by atomic mass is 14.9. The molecule has 0 saturated carbocycles. The summed E-state index contributed by atoms with van der Waals surface area (Å²) in [5.41, 5.74) is 2.58. The zero-order chi connectivity index (χ0) is 9.97. The second kappa shape index (κ2) is 3.81. The quantitative estimate of drug-likeness (QED) is 0.729. The molecular weight excluding hydrogens is 172 g/mol. The van der Waals surface area contributed by atoms with Crippen molar-refractivity contribution in [3.05, 3.63) is 35.4 Å². The van der Waals surface area contributed by atoms with Crippen molar-refractivity contribution >= 4 is 0 Å². The van der Waals surface area contributed by atoms with Gasteiger partial charge < -0.3 is 5.32 Å². The molecule has 1 aromatic rings. The average Bonchev–Trinajstić information content (AvgIpc) is 2.67. The molecule has 2 nitrogen and oxygen atoms in total. The standard InChI is InChI=1S/C12H14N2/c1-9-2-4-11(5-3-9)12-6-10(7-13)8-14-12/h2-5,10,12,14H,6,8H2,1H3. The van der Waals surface area contributed by atoms with E-state index in [9.17, 15) is 0 Å². The number of rotatable bonds is 1. The maximum absolute atomic E-state index is 8.78. The van der Waals surface area contributed by atoms with Crippen LogP contribution >= 0.6 is 0 Å². The molecule has 0 bridgehead atoms. The number of hydrogen-bond acceptors (Lipinski definition) is 2. The lowest BCUT2D eigenvalue weighted by molar-refractivity contribution is 0.639. The number of aryl methyl sites for hydroxylation is 1. The van der Waals surface area contributed by atoms with Crippen LogP contribution in [0.4, 0.5) is 0 Å². The topological polar surface area (TPSA) is 35.8 Å². The molecule has 0 amide bonds. The van der Waals surface area contributed by atoms with Crippen molar-refractivity contribution in [1.29, 1.82) is 5.26 Å². The molecule has 0 radical (unpaired) electrons.